The van der Waals surface area contributed by atoms with E-state index in [0.29, 0.717) is 24.7 Å². The largest absolute Gasteiger partial charge is 0.453 e. The number of benzene rings is 3. The fourth-order valence-electron chi connectivity index (χ4n) is 7.96. The van der Waals surface area contributed by atoms with Gasteiger partial charge < -0.3 is 39.9 Å². The number of aromatic amines is 2. The summed E-state index contributed by atoms with van der Waals surface area (Å²) in [4.78, 5) is 71.2. The molecule has 5 aromatic rings. The molecule has 2 aromatic heterocycles. The van der Waals surface area contributed by atoms with Crippen molar-refractivity contribution in [3.63, 3.8) is 0 Å². The Morgan fingerprint density at radius 2 is 1.26 bits per heavy atom. The van der Waals surface area contributed by atoms with E-state index < -0.39 is 30.3 Å². The Morgan fingerprint density at radius 3 is 1.90 bits per heavy atom. The summed E-state index contributed by atoms with van der Waals surface area (Å²) in [5.41, 5.74) is 5.74. The number of carbonyl (C=O) groups is 4. The molecular formula is C44H50N8O6. The number of alkyl carbamates (subject to hydrolysis) is 2. The Morgan fingerprint density at radius 1 is 0.707 bits per heavy atom. The van der Waals surface area contributed by atoms with Gasteiger partial charge in [0.25, 0.3) is 0 Å². The van der Waals surface area contributed by atoms with Gasteiger partial charge in [0, 0.05) is 18.7 Å². The van der Waals surface area contributed by atoms with Crippen molar-refractivity contribution in [1.29, 1.82) is 0 Å². The number of carbonyl (C=O) groups excluding carboxylic acids is 4. The van der Waals surface area contributed by atoms with Crippen LogP contribution in [0.3, 0.4) is 0 Å². The fraction of sp³-hybridized carbons (Fsp3) is 0.364. The van der Waals surface area contributed by atoms with Gasteiger partial charge in [-0.3, -0.25) is 9.59 Å². The average Bonchev–Trinajstić information content (AvgIpc) is 4.07. The van der Waals surface area contributed by atoms with E-state index in [1.807, 2.05) is 57.0 Å². The van der Waals surface area contributed by atoms with Gasteiger partial charge >= 0.3 is 12.2 Å². The zero-order chi connectivity index (χ0) is 41.1. The van der Waals surface area contributed by atoms with Gasteiger partial charge in [0.1, 0.15) is 29.8 Å². The monoisotopic (exact) mass is 786 g/mol. The van der Waals surface area contributed by atoms with Crippen LogP contribution in [0.25, 0.3) is 44.4 Å². The molecule has 4 atom stereocenters. The number of amides is 4. The Bertz CT molecular complexity index is 2330. The predicted octanol–water partition coefficient (Wildman–Crippen LogP) is 7.15. The van der Waals surface area contributed by atoms with Crippen LogP contribution in [-0.4, -0.2) is 93.1 Å². The second-order valence-corrected chi connectivity index (χ2v) is 15.4. The molecule has 2 aliphatic rings. The van der Waals surface area contributed by atoms with Crippen molar-refractivity contribution in [3.05, 3.63) is 96.9 Å². The number of methoxy groups -OCH3 is 2. The number of H-pyrrole nitrogens is 2. The molecule has 4 N–H and O–H groups in total. The van der Waals surface area contributed by atoms with Gasteiger partial charge in [0.2, 0.25) is 11.8 Å². The number of likely N-dealkylation sites (tertiary alicyclic amines) is 1. The van der Waals surface area contributed by atoms with Crippen molar-refractivity contribution in [1.82, 2.24) is 40.4 Å². The molecule has 14 nitrogen and oxygen atoms in total. The number of ether oxygens (including phenoxy) is 2. The third kappa shape index (κ3) is 7.91. The van der Waals surface area contributed by atoms with Crippen molar-refractivity contribution in [2.24, 2.45) is 11.8 Å². The molecular weight excluding hydrogens is 737 g/mol. The highest BCUT2D eigenvalue weighted by Gasteiger charge is 2.38. The van der Waals surface area contributed by atoms with Crippen molar-refractivity contribution in [3.8, 4) is 33.6 Å². The lowest BCUT2D eigenvalue weighted by atomic mass is 9.94. The topological polar surface area (TPSA) is 175 Å². The maximum Gasteiger partial charge on any atom is 0.407 e. The van der Waals surface area contributed by atoms with Gasteiger partial charge in [-0.1, -0.05) is 101 Å². The molecule has 7 rings (SSSR count). The molecule has 0 spiro atoms. The van der Waals surface area contributed by atoms with E-state index in [1.54, 1.807) is 11.1 Å². The third-order valence-corrected chi connectivity index (χ3v) is 11.1. The van der Waals surface area contributed by atoms with Gasteiger partial charge in [-0.15, -0.1) is 0 Å². The zero-order valence-electron chi connectivity index (χ0n) is 33.6. The van der Waals surface area contributed by atoms with E-state index >= 15 is 0 Å². The summed E-state index contributed by atoms with van der Waals surface area (Å²) >= 11 is 0. The lowest BCUT2D eigenvalue weighted by molar-refractivity contribution is -0.136. The molecule has 0 radical (unpaired) electrons. The number of nitrogens with one attached hydrogen (secondary N) is 4. The van der Waals surface area contributed by atoms with Crippen molar-refractivity contribution in [2.45, 2.75) is 64.7 Å². The molecule has 302 valence electrons. The van der Waals surface area contributed by atoms with Crippen molar-refractivity contribution >= 4 is 34.8 Å². The van der Waals surface area contributed by atoms with Gasteiger partial charge in [0.15, 0.2) is 0 Å². The quantitative estimate of drug-likeness (QED) is 0.102. The second-order valence-electron chi connectivity index (χ2n) is 15.4. The zero-order valence-corrected chi connectivity index (χ0v) is 33.6. The number of hydrogen-bond acceptors (Lipinski definition) is 8. The minimum atomic E-state index is -0.735. The molecule has 4 heterocycles. The van der Waals surface area contributed by atoms with E-state index in [2.05, 4.69) is 80.2 Å². The SMILES string of the molecule is COC(=O)N[C@H](C(=O)N1CC=C[C@H]1c1ncc(-c2ccc(-c3cccc4c(-c5cnc([C@@H]6CCCN6C(=O)[C@@H](NC(=O)OC)C(C)C)[nH]5)cccc34)cc2)[nH]1)C(C)C. The first kappa shape index (κ1) is 39.8. The van der Waals surface area contributed by atoms with Crippen LogP contribution in [0.4, 0.5) is 9.59 Å². The summed E-state index contributed by atoms with van der Waals surface area (Å²) in [6.07, 6.45) is 7.80. The molecule has 0 bridgehead atoms. The first-order chi connectivity index (χ1) is 28.0. The molecule has 58 heavy (non-hydrogen) atoms. The molecule has 4 amide bonds. The second kappa shape index (κ2) is 17.0. The maximum atomic E-state index is 13.7. The summed E-state index contributed by atoms with van der Waals surface area (Å²) in [5.74, 6) is 0.734. The highest BCUT2D eigenvalue weighted by molar-refractivity contribution is 6.04. The van der Waals surface area contributed by atoms with Gasteiger partial charge in [-0.05, 0) is 52.1 Å². The lowest BCUT2D eigenvalue weighted by Crippen LogP contribution is -2.51. The number of nitrogens with zero attached hydrogens (tertiary/aromatic N) is 4. The summed E-state index contributed by atoms with van der Waals surface area (Å²) < 4.78 is 9.54. The lowest BCUT2D eigenvalue weighted by Gasteiger charge is -2.30. The van der Waals surface area contributed by atoms with Crippen LogP contribution in [0.15, 0.2) is 85.2 Å². The molecule has 2 aliphatic heterocycles. The van der Waals surface area contributed by atoms with E-state index in [9.17, 15) is 19.2 Å². The van der Waals surface area contributed by atoms with E-state index in [-0.39, 0.29) is 29.7 Å². The van der Waals surface area contributed by atoms with Crippen LogP contribution in [0.2, 0.25) is 0 Å². The molecule has 3 aromatic carbocycles. The number of fused-ring (bicyclic) bond motifs is 1. The van der Waals surface area contributed by atoms with Gasteiger partial charge in [0.05, 0.1) is 44.0 Å². The van der Waals surface area contributed by atoms with Crippen molar-refractivity contribution in [2.75, 3.05) is 27.3 Å². The number of aromatic nitrogens is 4. The molecule has 0 saturated carbocycles. The number of hydrogen-bond donors (Lipinski definition) is 4. The minimum Gasteiger partial charge on any atom is -0.453 e. The van der Waals surface area contributed by atoms with Crippen LogP contribution < -0.4 is 10.6 Å². The Hall–Kier alpha value is -6.44. The van der Waals surface area contributed by atoms with Crippen LogP contribution in [0, 0.1) is 11.8 Å². The van der Waals surface area contributed by atoms with Crippen molar-refractivity contribution < 1.29 is 28.7 Å². The fourth-order valence-corrected chi connectivity index (χ4v) is 7.96. The standard InChI is InChI=1S/C44H50N8O6/c1-25(2)37(49-43(55)57-5)41(53)51-21-9-15-35(51)39-45-23-33(47-39)28-19-17-27(18-20-28)29-11-7-13-31-30(29)12-8-14-32(31)34-24-46-40(48-34)36-16-10-22-52(36)42(54)38(26(3)4)50-44(56)58-6/h7-9,11-15,17-20,23-26,35-38H,10,16,21-22H2,1-6H3,(H,45,47)(H,46,48)(H,49,55)(H,50,56)/t35-,36-,37-,38-/m0/s1. The summed E-state index contributed by atoms with van der Waals surface area (Å²) in [6, 6.07) is 18.7. The number of rotatable bonds is 11. The van der Waals surface area contributed by atoms with E-state index in [4.69, 9.17) is 14.5 Å². The highest BCUT2D eigenvalue weighted by atomic mass is 16.5. The Labute approximate surface area is 337 Å². The van der Waals surface area contributed by atoms with Crippen LogP contribution >= 0.6 is 0 Å². The molecule has 0 unspecified atom stereocenters. The third-order valence-electron chi connectivity index (χ3n) is 11.1. The number of imidazole rings is 2. The van der Waals surface area contributed by atoms with E-state index in [0.717, 1.165) is 57.3 Å². The first-order valence-corrected chi connectivity index (χ1v) is 19.7. The molecule has 1 saturated heterocycles. The average molecular weight is 787 g/mol. The Kier molecular flexibility index (Phi) is 11.6. The smallest absolute Gasteiger partial charge is 0.407 e. The normalized spacial score (nSPS) is 17.5. The molecule has 14 heteroatoms. The predicted molar refractivity (Wildman–Crippen MR) is 220 cm³/mol. The summed E-state index contributed by atoms with van der Waals surface area (Å²) in [7, 11) is 2.57. The minimum absolute atomic E-state index is 0.119. The van der Waals surface area contributed by atoms with Crippen LogP contribution in [0.1, 0.15) is 64.3 Å². The summed E-state index contributed by atoms with van der Waals surface area (Å²) in [6.45, 7) is 8.56. The molecule has 1 fully saturated rings. The van der Waals surface area contributed by atoms with Crippen LogP contribution in [0.5, 0.6) is 0 Å². The van der Waals surface area contributed by atoms with Gasteiger partial charge in [-0.25, -0.2) is 19.6 Å². The maximum absolute atomic E-state index is 13.7. The van der Waals surface area contributed by atoms with E-state index in [1.165, 1.54) is 14.2 Å². The Balaban J connectivity index is 1.09. The first-order valence-electron chi connectivity index (χ1n) is 19.7. The van der Waals surface area contributed by atoms with Crippen LogP contribution in [-0.2, 0) is 19.1 Å². The van der Waals surface area contributed by atoms with Gasteiger partial charge in [-0.2, -0.15) is 0 Å². The molecule has 0 aliphatic carbocycles. The summed E-state index contributed by atoms with van der Waals surface area (Å²) in [5, 5.41) is 7.53. The highest BCUT2D eigenvalue weighted by Crippen LogP contribution is 2.37.